The minimum absolute atomic E-state index is 0.0310. The third-order valence-corrected chi connectivity index (χ3v) is 5.62. The molecule has 2 amide bonds. The standard InChI is InChI=1S/C21H25N3O2S/c1-4-17(11-16-8-6-5-7-9-16)23-18(25)12-24-19(26)13-27-21-20(24)14(2)10-15(3)22-21/h5-10,17H,4,11-13H2,1-3H3,(H,23,25). The van der Waals surface area contributed by atoms with Gasteiger partial charge < -0.3 is 5.32 Å². The number of pyridine rings is 1. The molecule has 1 unspecified atom stereocenters. The van der Waals surface area contributed by atoms with Crippen molar-refractivity contribution in [3.63, 3.8) is 0 Å². The number of benzene rings is 1. The molecule has 1 aliphatic rings. The molecule has 5 nitrogen and oxygen atoms in total. The van der Waals surface area contributed by atoms with Gasteiger partial charge >= 0.3 is 0 Å². The fourth-order valence-electron chi connectivity index (χ4n) is 3.34. The fourth-order valence-corrected chi connectivity index (χ4v) is 4.37. The molecule has 1 aromatic carbocycles. The minimum atomic E-state index is -0.135. The highest BCUT2D eigenvalue weighted by Crippen LogP contribution is 2.36. The number of carbonyl (C=O) groups is 2. The summed E-state index contributed by atoms with van der Waals surface area (Å²) in [5, 5.41) is 3.91. The highest BCUT2D eigenvalue weighted by Gasteiger charge is 2.29. The van der Waals surface area contributed by atoms with E-state index in [0.29, 0.717) is 5.75 Å². The third kappa shape index (κ3) is 4.69. The number of hydrogen-bond donors (Lipinski definition) is 1. The summed E-state index contributed by atoms with van der Waals surface area (Å²) in [5.74, 6) is 0.133. The molecule has 1 N–H and O–H groups in total. The van der Waals surface area contributed by atoms with Crippen LogP contribution in [0.4, 0.5) is 5.69 Å². The summed E-state index contributed by atoms with van der Waals surface area (Å²) < 4.78 is 0. The first-order valence-electron chi connectivity index (χ1n) is 9.22. The number of amides is 2. The molecule has 0 fully saturated rings. The first-order valence-corrected chi connectivity index (χ1v) is 10.2. The Hall–Kier alpha value is -2.34. The van der Waals surface area contributed by atoms with E-state index in [4.69, 9.17) is 0 Å². The topological polar surface area (TPSA) is 62.3 Å². The molecule has 1 atom stereocenters. The summed E-state index contributed by atoms with van der Waals surface area (Å²) in [6.45, 7) is 5.99. The number of rotatable bonds is 6. The lowest BCUT2D eigenvalue weighted by molar-refractivity contribution is -0.123. The smallest absolute Gasteiger partial charge is 0.240 e. The van der Waals surface area contributed by atoms with Crippen LogP contribution in [0.15, 0.2) is 41.4 Å². The summed E-state index contributed by atoms with van der Waals surface area (Å²) in [5.41, 5.74) is 3.86. The second-order valence-electron chi connectivity index (χ2n) is 6.87. The maximum absolute atomic E-state index is 12.7. The van der Waals surface area contributed by atoms with Gasteiger partial charge in [-0.1, -0.05) is 49.0 Å². The average molecular weight is 384 g/mol. The number of hydrogen-bond acceptors (Lipinski definition) is 4. The Morgan fingerprint density at radius 2 is 2.04 bits per heavy atom. The van der Waals surface area contributed by atoms with Crippen LogP contribution in [-0.4, -0.2) is 35.1 Å². The Balaban J connectivity index is 1.71. The van der Waals surface area contributed by atoms with E-state index in [1.165, 1.54) is 17.3 Å². The molecule has 0 saturated carbocycles. The van der Waals surface area contributed by atoms with Crippen LogP contribution >= 0.6 is 11.8 Å². The number of fused-ring (bicyclic) bond motifs is 1. The quantitative estimate of drug-likeness (QED) is 0.832. The number of thioether (sulfide) groups is 1. The van der Waals surface area contributed by atoms with Crippen molar-refractivity contribution in [1.29, 1.82) is 0 Å². The number of carbonyl (C=O) groups excluding carboxylic acids is 2. The number of anilines is 1. The van der Waals surface area contributed by atoms with Crippen molar-refractivity contribution >= 4 is 29.3 Å². The number of aromatic nitrogens is 1. The summed E-state index contributed by atoms with van der Waals surface area (Å²) in [6.07, 6.45) is 1.62. The summed E-state index contributed by atoms with van der Waals surface area (Å²) in [4.78, 5) is 31.3. The van der Waals surface area contributed by atoms with Crippen LogP contribution in [0.3, 0.4) is 0 Å². The molecule has 27 heavy (non-hydrogen) atoms. The van der Waals surface area contributed by atoms with Crippen LogP contribution in [0.2, 0.25) is 0 Å². The molecule has 1 aliphatic heterocycles. The molecule has 2 aromatic rings. The summed E-state index contributed by atoms with van der Waals surface area (Å²) >= 11 is 1.44. The zero-order chi connectivity index (χ0) is 19.4. The predicted octanol–water partition coefficient (Wildman–Crippen LogP) is 3.27. The van der Waals surface area contributed by atoms with Crippen molar-refractivity contribution in [2.24, 2.45) is 0 Å². The second kappa shape index (κ2) is 8.57. The van der Waals surface area contributed by atoms with E-state index in [1.807, 2.05) is 38.1 Å². The largest absolute Gasteiger partial charge is 0.351 e. The molecule has 0 radical (unpaired) electrons. The van der Waals surface area contributed by atoms with Gasteiger partial charge in [0.15, 0.2) is 0 Å². The molecule has 0 bridgehead atoms. The van der Waals surface area contributed by atoms with E-state index in [9.17, 15) is 9.59 Å². The first-order chi connectivity index (χ1) is 13.0. The van der Waals surface area contributed by atoms with Gasteiger partial charge in [-0.15, -0.1) is 0 Å². The maximum atomic E-state index is 12.7. The molecule has 0 aliphatic carbocycles. The summed E-state index contributed by atoms with van der Waals surface area (Å²) in [7, 11) is 0. The van der Waals surface area contributed by atoms with E-state index in [1.54, 1.807) is 4.90 Å². The molecular formula is C21H25N3O2S. The SMILES string of the molecule is CCC(Cc1ccccc1)NC(=O)CN1C(=O)CSc2nc(C)cc(C)c21. The van der Waals surface area contributed by atoms with Crippen molar-refractivity contribution in [2.45, 2.75) is 44.7 Å². The maximum Gasteiger partial charge on any atom is 0.240 e. The van der Waals surface area contributed by atoms with Gasteiger partial charge in [-0.2, -0.15) is 0 Å². The van der Waals surface area contributed by atoms with Crippen LogP contribution in [0.5, 0.6) is 0 Å². The fraction of sp³-hybridized carbons (Fsp3) is 0.381. The van der Waals surface area contributed by atoms with Crippen LogP contribution in [0.25, 0.3) is 0 Å². The second-order valence-corrected chi connectivity index (χ2v) is 7.83. The highest BCUT2D eigenvalue weighted by molar-refractivity contribution is 8.00. The van der Waals surface area contributed by atoms with Crippen molar-refractivity contribution in [2.75, 3.05) is 17.2 Å². The van der Waals surface area contributed by atoms with Gasteiger partial charge in [0.25, 0.3) is 0 Å². The molecule has 1 aromatic heterocycles. The van der Waals surface area contributed by atoms with E-state index in [0.717, 1.165) is 34.8 Å². The number of nitrogens with one attached hydrogen (secondary N) is 1. The van der Waals surface area contributed by atoms with Gasteiger partial charge in [-0.3, -0.25) is 14.5 Å². The predicted molar refractivity (Wildman–Crippen MR) is 109 cm³/mol. The normalized spacial score (nSPS) is 14.6. The Kier molecular flexibility index (Phi) is 6.16. The van der Waals surface area contributed by atoms with E-state index >= 15 is 0 Å². The average Bonchev–Trinajstić information content (AvgIpc) is 2.64. The zero-order valence-corrected chi connectivity index (χ0v) is 16.8. The van der Waals surface area contributed by atoms with E-state index in [-0.39, 0.29) is 24.4 Å². The van der Waals surface area contributed by atoms with Gasteiger partial charge in [0.1, 0.15) is 11.6 Å². The lowest BCUT2D eigenvalue weighted by Gasteiger charge is -2.30. The minimum Gasteiger partial charge on any atom is -0.351 e. The highest BCUT2D eigenvalue weighted by atomic mass is 32.2. The van der Waals surface area contributed by atoms with Gasteiger partial charge in [-0.05, 0) is 43.9 Å². The van der Waals surface area contributed by atoms with Crippen LogP contribution < -0.4 is 10.2 Å². The Labute approximate surface area is 164 Å². The van der Waals surface area contributed by atoms with Gasteiger partial charge in [-0.25, -0.2) is 4.98 Å². The monoisotopic (exact) mass is 383 g/mol. The molecule has 6 heteroatoms. The molecule has 0 saturated heterocycles. The molecule has 2 heterocycles. The first kappa shape index (κ1) is 19.4. The number of nitrogens with zero attached hydrogens (tertiary/aromatic N) is 2. The van der Waals surface area contributed by atoms with Crippen LogP contribution in [-0.2, 0) is 16.0 Å². The molecule has 0 spiro atoms. The Bertz CT molecular complexity index is 839. The van der Waals surface area contributed by atoms with E-state index in [2.05, 4.69) is 29.4 Å². The van der Waals surface area contributed by atoms with Crippen molar-refractivity contribution in [1.82, 2.24) is 10.3 Å². The molecular weight excluding hydrogens is 358 g/mol. The van der Waals surface area contributed by atoms with Crippen LogP contribution in [0, 0.1) is 13.8 Å². The van der Waals surface area contributed by atoms with Gasteiger partial charge in [0.05, 0.1) is 11.4 Å². The zero-order valence-electron chi connectivity index (χ0n) is 16.0. The molecule has 3 rings (SSSR count). The van der Waals surface area contributed by atoms with Crippen molar-refractivity contribution in [3.8, 4) is 0 Å². The summed E-state index contributed by atoms with van der Waals surface area (Å²) in [6, 6.07) is 12.1. The Morgan fingerprint density at radius 1 is 1.30 bits per heavy atom. The van der Waals surface area contributed by atoms with Gasteiger partial charge in [0, 0.05) is 11.7 Å². The lowest BCUT2D eigenvalue weighted by atomic mass is 10.0. The lowest BCUT2D eigenvalue weighted by Crippen LogP contribution is -2.46. The molecule has 142 valence electrons. The Morgan fingerprint density at radius 3 is 2.74 bits per heavy atom. The number of aryl methyl sites for hydroxylation is 2. The third-order valence-electron chi connectivity index (χ3n) is 4.67. The van der Waals surface area contributed by atoms with E-state index < -0.39 is 0 Å². The van der Waals surface area contributed by atoms with Gasteiger partial charge in [0.2, 0.25) is 11.8 Å². The van der Waals surface area contributed by atoms with Crippen molar-refractivity contribution < 1.29 is 9.59 Å². The van der Waals surface area contributed by atoms with Crippen molar-refractivity contribution in [3.05, 3.63) is 53.2 Å². The van der Waals surface area contributed by atoms with Crippen LogP contribution in [0.1, 0.15) is 30.2 Å².